The van der Waals surface area contributed by atoms with Crippen molar-refractivity contribution in [3.8, 4) is 27.9 Å². The van der Waals surface area contributed by atoms with E-state index in [-0.39, 0.29) is 0 Å². The Labute approximate surface area is 320 Å². The number of aromatic nitrogens is 1. The lowest BCUT2D eigenvalue weighted by atomic mass is 9.67. The molecule has 0 radical (unpaired) electrons. The van der Waals surface area contributed by atoms with Gasteiger partial charge in [0.25, 0.3) is 0 Å². The van der Waals surface area contributed by atoms with Crippen molar-refractivity contribution < 1.29 is 0 Å². The highest BCUT2D eigenvalue weighted by atomic mass is 15.0. The summed E-state index contributed by atoms with van der Waals surface area (Å²) in [5, 5.41) is 8.68. The minimum atomic E-state index is -0.455. The summed E-state index contributed by atoms with van der Waals surface area (Å²) in [6.07, 6.45) is 0. The molecule has 1 aromatic heterocycles. The van der Waals surface area contributed by atoms with Crippen LogP contribution in [0.2, 0.25) is 0 Å². The molecule has 0 unspecified atom stereocenters. The van der Waals surface area contributed by atoms with E-state index in [4.69, 9.17) is 0 Å². The Hall–Kier alpha value is -7.16. The Bertz CT molecular complexity index is 3000. The van der Waals surface area contributed by atoms with Crippen LogP contribution in [0.1, 0.15) is 22.3 Å². The van der Waals surface area contributed by atoms with Crippen molar-refractivity contribution in [2.75, 3.05) is 5.32 Å². The number of hydrogen-bond acceptors (Lipinski definition) is 1. The molecule has 0 fully saturated rings. The number of rotatable bonds is 6. The summed E-state index contributed by atoms with van der Waals surface area (Å²) in [4.78, 5) is 0. The van der Waals surface area contributed by atoms with Gasteiger partial charge in [-0.25, -0.2) is 0 Å². The van der Waals surface area contributed by atoms with Gasteiger partial charge in [0.05, 0.1) is 16.4 Å². The van der Waals surface area contributed by atoms with Gasteiger partial charge in [0, 0.05) is 27.8 Å². The van der Waals surface area contributed by atoms with Crippen molar-refractivity contribution in [3.05, 3.63) is 235 Å². The Morgan fingerprint density at radius 1 is 0.364 bits per heavy atom. The fraction of sp³-hybridized carbons (Fsp3) is 0.0189. The highest BCUT2D eigenvalue weighted by molar-refractivity contribution is 6.10. The fourth-order valence-corrected chi connectivity index (χ4v) is 9.28. The van der Waals surface area contributed by atoms with Gasteiger partial charge in [-0.3, -0.25) is 0 Å². The van der Waals surface area contributed by atoms with Crippen LogP contribution in [-0.2, 0) is 5.41 Å². The van der Waals surface area contributed by atoms with Crippen LogP contribution in [0.4, 0.5) is 11.4 Å². The maximum absolute atomic E-state index is 3.71. The van der Waals surface area contributed by atoms with Crippen LogP contribution >= 0.6 is 0 Å². The van der Waals surface area contributed by atoms with E-state index in [2.05, 4.69) is 222 Å². The molecule has 0 atom stereocenters. The topological polar surface area (TPSA) is 17.0 Å². The van der Waals surface area contributed by atoms with Crippen LogP contribution in [0.25, 0.3) is 60.5 Å². The standard InChI is InChI=1S/C53H36N2/c1-3-16-38(17-4-1)53(39-18-5-2-6-19-39)49-24-11-9-21-45(49)46-32-31-42(35-50(46)53)55-51-25-12-10-22-47(51)48-34-41(30-33-52(48)55)54-40-28-26-37(27-29-40)44-23-13-15-36-14-7-8-20-43(36)44/h1-35,54H. The van der Waals surface area contributed by atoms with Gasteiger partial charge in [0.15, 0.2) is 0 Å². The normalized spacial score (nSPS) is 12.9. The third-order valence-electron chi connectivity index (χ3n) is 11.6. The van der Waals surface area contributed by atoms with Crippen LogP contribution in [0.3, 0.4) is 0 Å². The van der Waals surface area contributed by atoms with E-state index < -0.39 is 5.41 Å². The number of fused-ring (bicyclic) bond motifs is 7. The second kappa shape index (κ2) is 12.5. The van der Waals surface area contributed by atoms with E-state index in [1.54, 1.807) is 0 Å². The molecule has 1 heterocycles. The molecule has 1 aliphatic carbocycles. The van der Waals surface area contributed by atoms with Crippen molar-refractivity contribution in [3.63, 3.8) is 0 Å². The van der Waals surface area contributed by atoms with E-state index in [0.29, 0.717) is 0 Å². The molecule has 10 aromatic rings. The molecule has 0 spiro atoms. The maximum atomic E-state index is 3.71. The molecule has 55 heavy (non-hydrogen) atoms. The van der Waals surface area contributed by atoms with Gasteiger partial charge < -0.3 is 9.88 Å². The predicted octanol–water partition coefficient (Wildman–Crippen LogP) is 13.7. The largest absolute Gasteiger partial charge is 0.356 e. The number of anilines is 2. The van der Waals surface area contributed by atoms with E-state index >= 15 is 0 Å². The Morgan fingerprint density at radius 3 is 1.76 bits per heavy atom. The van der Waals surface area contributed by atoms with Crippen molar-refractivity contribution in [2.24, 2.45) is 0 Å². The summed E-state index contributed by atoms with van der Waals surface area (Å²) in [7, 11) is 0. The van der Waals surface area contributed by atoms with E-state index in [1.807, 2.05) is 0 Å². The van der Waals surface area contributed by atoms with Gasteiger partial charge in [0.1, 0.15) is 0 Å². The third kappa shape index (κ3) is 4.82. The van der Waals surface area contributed by atoms with Gasteiger partial charge in [0.2, 0.25) is 0 Å². The molecule has 1 aliphatic rings. The Morgan fingerprint density at radius 2 is 0.964 bits per heavy atom. The second-order valence-corrected chi connectivity index (χ2v) is 14.6. The average Bonchev–Trinajstić information content (AvgIpc) is 3.74. The van der Waals surface area contributed by atoms with Crippen molar-refractivity contribution in [1.29, 1.82) is 0 Å². The van der Waals surface area contributed by atoms with Crippen LogP contribution in [0.5, 0.6) is 0 Å². The molecule has 11 rings (SSSR count). The SMILES string of the molecule is c1ccc(C2(c3ccccc3)c3ccccc3-c3ccc(-n4c5ccccc5c5cc(Nc6ccc(-c7cccc8ccccc78)cc6)ccc54)cc32)cc1. The number of nitrogens with zero attached hydrogens (tertiary/aromatic N) is 1. The van der Waals surface area contributed by atoms with Crippen LogP contribution < -0.4 is 5.32 Å². The molecule has 0 amide bonds. The van der Waals surface area contributed by atoms with E-state index in [1.165, 1.54) is 77.1 Å². The number of nitrogens with one attached hydrogen (secondary N) is 1. The lowest BCUT2D eigenvalue weighted by molar-refractivity contribution is 0.767. The number of hydrogen-bond donors (Lipinski definition) is 1. The van der Waals surface area contributed by atoms with Crippen molar-refractivity contribution in [1.82, 2.24) is 4.57 Å². The smallest absolute Gasteiger partial charge is 0.0714 e. The number of benzene rings is 9. The van der Waals surface area contributed by atoms with Gasteiger partial charge in [-0.15, -0.1) is 0 Å². The van der Waals surface area contributed by atoms with Gasteiger partial charge in [-0.1, -0.05) is 164 Å². The first kappa shape index (κ1) is 31.4. The fourth-order valence-electron chi connectivity index (χ4n) is 9.28. The first-order valence-corrected chi connectivity index (χ1v) is 19.0. The van der Waals surface area contributed by atoms with Crippen LogP contribution in [0.15, 0.2) is 212 Å². The summed E-state index contributed by atoms with van der Waals surface area (Å²) in [6, 6.07) is 77.6. The Kier molecular flexibility index (Phi) is 7.11. The van der Waals surface area contributed by atoms with Gasteiger partial charge in [-0.05, 0) is 104 Å². The summed E-state index contributed by atoms with van der Waals surface area (Å²) < 4.78 is 2.44. The number of para-hydroxylation sites is 1. The predicted molar refractivity (Wildman–Crippen MR) is 231 cm³/mol. The highest BCUT2D eigenvalue weighted by Crippen LogP contribution is 2.56. The molecule has 1 N–H and O–H groups in total. The van der Waals surface area contributed by atoms with Gasteiger partial charge in [-0.2, -0.15) is 0 Å². The lowest BCUT2D eigenvalue weighted by Gasteiger charge is -2.34. The molecular weight excluding hydrogens is 665 g/mol. The van der Waals surface area contributed by atoms with E-state index in [9.17, 15) is 0 Å². The third-order valence-corrected chi connectivity index (χ3v) is 11.6. The Balaban J connectivity index is 1.03. The summed E-state index contributed by atoms with van der Waals surface area (Å²) in [5.74, 6) is 0. The summed E-state index contributed by atoms with van der Waals surface area (Å²) in [6.45, 7) is 0. The zero-order chi connectivity index (χ0) is 36.3. The zero-order valence-corrected chi connectivity index (χ0v) is 30.2. The summed E-state index contributed by atoms with van der Waals surface area (Å²) in [5.41, 5.74) is 15.4. The average molecular weight is 701 g/mol. The maximum Gasteiger partial charge on any atom is 0.0714 e. The highest BCUT2D eigenvalue weighted by Gasteiger charge is 2.46. The molecule has 2 nitrogen and oxygen atoms in total. The monoisotopic (exact) mass is 700 g/mol. The van der Waals surface area contributed by atoms with Crippen molar-refractivity contribution in [2.45, 2.75) is 5.41 Å². The zero-order valence-electron chi connectivity index (χ0n) is 30.2. The first-order valence-electron chi connectivity index (χ1n) is 19.0. The molecule has 0 saturated heterocycles. The molecule has 0 aliphatic heterocycles. The minimum Gasteiger partial charge on any atom is -0.356 e. The van der Waals surface area contributed by atoms with Crippen LogP contribution in [-0.4, -0.2) is 4.57 Å². The molecule has 258 valence electrons. The lowest BCUT2D eigenvalue weighted by Crippen LogP contribution is -2.28. The van der Waals surface area contributed by atoms with Crippen molar-refractivity contribution >= 4 is 44.0 Å². The van der Waals surface area contributed by atoms with Crippen LogP contribution in [0, 0.1) is 0 Å². The quantitative estimate of drug-likeness (QED) is 0.183. The second-order valence-electron chi connectivity index (χ2n) is 14.6. The first-order chi connectivity index (χ1) is 27.3. The minimum absolute atomic E-state index is 0.455. The molecule has 9 aromatic carbocycles. The molecular formula is C53H36N2. The van der Waals surface area contributed by atoms with E-state index in [0.717, 1.165) is 17.1 Å². The molecule has 0 bridgehead atoms. The molecule has 0 saturated carbocycles. The molecule has 2 heteroatoms. The summed E-state index contributed by atoms with van der Waals surface area (Å²) >= 11 is 0. The van der Waals surface area contributed by atoms with Gasteiger partial charge >= 0.3 is 0 Å².